The zero-order valence-corrected chi connectivity index (χ0v) is 18.5. The zero-order valence-electron chi connectivity index (χ0n) is 18.5. The normalized spacial score (nSPS) is 19.2. The highest BCUT2D eigenvalue weighted by atomic mass is 16.5. The maximum absolute atomic E-state index is 13.0. The lowest BCUT2D eigenvalue weighted by molar-refractivity contribution is -0.137. The number of rotatable bonds is 11. The molecule has 1 unspecified atom stereocenters. The molecule has 6 heteroatoms. The first kappa shape index (κ1) is 22.3. The fraction of sp³-hybridized carbons (Fsp3) is 0.462. The molecule has 0 bridgehead atoms. The van der Waals surface area contributed by atoms with Crippen LogP contribution in [-0.2, 0) is 9.59 Å². The first-order valence-corrected chi connectivity index (χ1v) is 11.7. The SMILES string of the molecule is O=C(O)CCCCC=C(COc1ccc2ccccc2c1)C(=O)NC1CCN(C2CC2)C1. The highest BCUT2D eigenvalue weighted by Gasteiger charge is 2.35. The van der Waals surface area contributed by atoms with Crippen LogP contribution in [0, 0.1) is 0 Å². The number of hydrogen-bond acceptors (Lipinski definition) is 4. The molecule has 0 aromatic heterocycles. The van der Waals surface area contributed by atoms with Gasteiger partial charge in [0.05, 0.1) is 5.57 Å². The van der Waals surface area contributed by atoms with Crippen LogP contribution in [0.4, 0.5) is 0 Å². The summed E-state index contributed by atoms with van der Waals surface area (Å²) < 4.78 is 5.99. The number of ether oxygens (including phenoxy) is 1. The Balaban J connectivity index is 1.36. The number of carboxylic acid groups (broad SMARTS) is 1. The number of unbranched alkanes of at least 4 members (excludes halogenated alkanes) is 2. The van der Waals surface area contributed by atoms with Crippen LogP contribution >= 0.6 is 0 Å². The Labute approximate surface area is 189 Å². The summed E-state index contributed by atoms with van der Waals surface area (Å²) in [5.41, 5.74) is 0.610. The number of carbonyl (C=O) groups is 2. The number of aliphatic carboxylic acids is 1. The monoisotopic (exact) mass is 436 g/mol. The third-order valence-corrected chi connectivity index (χ3v) is 6.26. The molecule has 2 aliphatic rings. The van der Waals surface area contributed by atoms with Gasteiger partial charge in [0.15, 0.2) is 0 Å². The van der Waals surface area contributed by atoms with Gasteiger partial charge >= 0.3 is 5.97 Å². The van der Waals surface area contributed by atoms with E-state index in [0.29, 0.717) is 18.4 Å². The highest BCUT2D eigenvalue weighted by Crippen LogP contribution is 2.30. The second kappa shape index (κ2) is 10.6. The molecule has 1 aliphatic heterocycles. The molecule has 2 fully saturated rings. The van der Waals surface area contributed by atoms with E-state index in [1.165, 1.54) is 12.8 Å². The molecule has 0 spiro atoms. The summed E-state index contributed by atoms with van der Waals surface area (Å²) in [5, 5.41) is 14.3. The van der Waals surface area contributed by atoms with Gasteiger partial charge in [-0.15, -0.1) is 0 Å². The summed E-state index contributed by atoms with van der Waals surface area (Å²) in [6, 6.07) is 14.9. The Kier molecular flexibility index (Phi) is 7.43. The van der Waals surface area contributed by atoms with Crippen LogP contribution in [0.25, 0.3) is 10.8 Å². The smallest absolute Gasteiger partial charge is 0.303 e. The third-order valence-electron chi connectivity index (χ3n) is 6.26. The summed E-state index contributed by atoms with van der Waals surface area (Å²) in [7, 11) is 0. The quantitative estimate of drug-likeness (QED) is 0.409. The van der Waals surface area contributed by atoms with Crippen molar-refractivity contribution in [2.24, 2.45) is 0 Å². The molecule has 1 saturated heterocycles. The molecule has 1 saturated carbocycles. The number of carbonyl (C=O) groups excluding carboxylic acids is 1. The first-order valence-electron chi connectivity index (χ1n) is 11.7. The minimum absolute atomic E-state index is 0.0772. The fourth-order valence-corrected chi connectivity index (χ4v) is 4.29. The number of nitrogens with zero attached hydrogens (tertiary/aromatic N) is 1. The number of amides is 1. The van der Waals surface area contributed by atoms with E-state index in [0.717, 1.165) is 48.5 Å². The standard InChI is InChI=1S/C26H32N2O4/c29-25(30)9-3-1-2-8-21(26(31)27-22-14-15-28(17-22)23-11-12-23)18-32-24-13-10-19-6-4-5-7-20(19)16-24/h4-8,10,13,16,22-23H,1-3,9,11-12,14-15,17-18H2,(H,27,31)(H,29,30). The molecule has 0 radical (unpaired) electrons. The van der Waals surface area contributed by atoms with Gasteiger partial charge in [0.2, 0.25) is 0 Å². The van der Waals surface area contributed by atoms with Crippen LogP contribution in [0.1, 0.15) is 44.9 Å². The van der Waals surface area contributed by atoms with Crippen molar-refractivity contribution < 1.29 is 19.4 Å². The van der Waals surface area contributed by atoms with E-state index < -0.39 is 5.97 Å². The highest BCUT2D eigenvalue weighted by molar-refractivity contribution is 5.94. The molecule has 32 heavy (non-hydrogen) atoms. The second-order valence-corrected chi connectivity index (χ2v) is 8.85. The molecule has 2 N–H and O–H groups in total. The van der Waals surface area contributed by atoms with Gasteiger partial charge in [-0.2, -0.15) is 0 Å². The molecule has 1 aliphatic carbocycles. The van der Waals surface area contributed by atoms with Gasteiger partial charge in [0.1, 0.15) is 12.4 Å². The predicted octanol–water partition coefficient (Wildman–Crippen LogP) is 4.14. The minimum Gasteiger partial charge on any atom is -0.489 e. The molecule has 6 nitrogen and oxygen atoms in total. The predicted molar refractivity (Wildman–Crippen MR) is 125 cm³/mol. The largest absolute Gasteiger partial charge is 0.489 e. The molecule has 2 aromatic rings. The van der Waals surface area contributed by atoms with Crippen LogP contribution in [0.5, 0.6) is 5.75 Å². The van der Waals surface area contributed by atoms with Crippen molar-refractivity contribution in [2.45, 2.75) is 57.0 Å². The minimum atomic E-state index is -0.784. The van der Waals surface area contributed by atoms with Crippen LogP contribution in [0.2, 0.25) is 0 Å². The third kappa shape index (κ3) is 6.33. The molecule has 1 amide bonds. The molecule has 2 aromatic carbocycles. The Hall–Kier alpha value is -2.86. The van der Waals surface area contributed by atoms with Crippen molar-refractivity contribution >= 4 is 22.6 Å². The maximum atomic E-state index is 13.0. The van der Waals surface area contributed by atoms with E-state index in [9.17, 15) is 9.59 Å². The average Bonchev–Trinajstić information content (AvgIpc) is 3.54. The van der Waals surface area contributed by atoms with Gasteiger partial charge in [-0.05, 0) is 61.4 Å². The first-order chi connectivity index (χ1) is 15.6. The summed E-state index contributed by atoms with van der Waals surface area (Å²) in [6.45, 7) is 2.17. The van der Waals surface area contributed by atoms with Crippen molar-refractivity contribution in [3.05, 3.63) is 54.1 Å². The number of nitrogens with one attached hydrogen (secondary N) is 1. The lowest BCUT2D eigenvalue weighted by Gasteiger charge is -2.17. The number of hydrogen-bond donors (Lipinski definition) is 2. The van der Waals surface area contributed by atoms with E-state index in [1.54, 1.807) is 0 Å². The molecular weight excluding hydrogens is 404 g/mol. The lowest BCUT2D eigenvalue weighted by atomic mass is 10.1. The van der Waals surface area contributed by atoms with Crippen molar-refractivity contribution in [3.63, 3.8) is 0 Å². The summed E-state index contributed by atoms with van der Waals surface area (Å²) in [4.78, 5) is 26.2. The van der Waals surface area contributed by atoms with E-state index in [4.69, 9.17) is 9.84 Å². The van der Waals surface area contributed by atoms with E-state index in [-0.39, 0.29) is 25.0 Å². The van der Waals surface area contributed by atoms with E-state index in [1.807, 2.05) is 42.5 Å². The number of allylic oxidation sites excluding steroid dienone is 1. The summed E-state index contributed by atoms with van der Waals surface area (Å²) in [5.74, 6) is -0.131. The Bertz CT molecular complexity index is 983. The van der Waals surface area contributed by atoms with Gasteiger partial charge in [0.25, 0.3) is 5.91 Å². The van der Waals surface area contributed by atoms with Gasteiger partial charge in [-0.3, -0.25) is 14.5 Å². The van der Waals surface area contributed by atoms with Gasteiger partial charge in [-0.1, -0.05) is 36.4 Å². The van der Waals surface area contributed by atoms with Crippen LogP contribution in [0.3, 0.4) is 0 Å². The molecule has 1 heterocycles. The van der Waals surface area contributed by atoms with Crippen LogP contribution in [0.15, 0.2) is 54.1 Å². The topological polar surface area (TPSA) is 78.9 Å². The molecule has 4 rings (SSSR count). The number of likely N-dealkylation sites (tertiary alicyclic amines) is 1. The summed E-state index contributed by atoms with van der Waals surface area (Å²) in [6.07, 6.45) is 7.61. The van der Waals surface area contributed by atoms with E-state index >= 15 is 0 Å². The number of carboxylic acids is 1. The molecular formula is C26H32N2O4. The van der Waals surface area contributed by atoms with E-state index in [2.05, 4.69) is 16.3 Å². The van der Waals surface area contributed by atoms with Crippen molar-refractivity contribution in [1.82, 2.24) is 10.2 Å². The van der Waals surface area contributed by atoms with Crippen LogP contribution < -0.4 is 10.1 Å². The average molecular weight is 437 g/mol. The zero-order chi connectivity index (χ0) is 22.3. The van der Waals surface area contributed by atoms with Crippen molar-refractivity contribution in [3.8, 4) is 5.75 Å². The number of benzene rings is 2. The van der Waals surface area contributed by atoms with Crippen molar-refractivity contribution in [2.75, 3.05) is 19.7 Å². The molecule has 170 valence electrons. The molecule has 1 atom stereocenters. The fourth-order valence-electron chi connectivity index (χ4n) is 4.29. The van der Waals surface area contributed by atoms with Gasteiger partial charge in [0, 0.05) is 31.6 Å². The maximum Gasteiger partial charge on any atom is 0.303 e. The Morgan fingerprint density at radius 2 is 1.91 bits per heavy atom. The lowest BCUT2D eigenvalue weighted by Crippen LogP contribution is -2.39. The van der Waals surface area contributed by atoms with Crippen molar-refractivity contribution in [1.29, 1.82) is 0 Å². The number of fused-ring (bicyclic) bond motifs is 1. The Morgan fingerprint density at radius 1 is 1.09 bits per heavy atom. The van der Waals surface area contributed by atoms with Gasteiger partial charge < -0.3 is 15.2 Å². The second-order valence-electron chi connectivity index (χ2n) is 8.85. The van der Waals surface area contributed by atoms with Gasteiger partial charge in [-0.25, -0.2) is 0 Å². The Morgan fingerprint density at radius 3 is 2.69 bits per heavy atom. The van der Waals surface area contributed by atoms with Crippen LogP contribution in [-0.4, -0.2) is 53.7 Å². The summed E-state index contributed by atoms with van der Waals surface area (Å²) >= 11 is 0.